The number of unbranched alkanes of at least 4 members (excludes halogenated alkanes) is 1. The van der Waals surface area contributed by atoms with Gasteiger partial charge in [-0.3, -0.25) is 0 Å². The van der Waals surface area contributed by atoms with Gasteiger partial charge in [0.1, 0.15) is 10.7 Å². The molecule has 19 heavy (non-hydrogen) atoms. The lowest BCUT2D eigenvalue weighted by Crippen LogP contribution is -2.24. The molecule has 0 saturated carbocycles. The van der Waals surface area contributed by atoms with Crippen molar-refractivity contribution >= 4 is 26.0 Å². The summed E-state index contributed by atoms with van der Waals surface area (Å²) in [4.78, 5) is 0.108. The number of halogens is 1. The van der Waals surface area contributed by atoms with Gasteiger partial charge >= 0.3 is 0 Å². The Balaban J connectivity index is 2.53. The molecule has 5 nitrogen and oxygen atoms in total. The van der Waals surface area contributed by atoms with E-state index in [1.54, 1.807) is 0 Å². The summed E-state index contributed by atoms with van der Waals surface area (Å²) in [7, 11) is -3.53. The number of furan rings is 1. The Hall–Kier alpha value is -0.370. The molecule has 1 rings (SSSR count). The molecule has 0 bridgehead atoms. The van der Waals surface area contributed by atoms with E-state index < -0.39 is 10.0 Å². The third-order valence-electron chi connectivity index (χ3n) is 2.70. The van der Waals surface area contributed by atoms with Crippen LogP contribution in [0, 0.1) is 5.92 Å². The fourth-order valence-corrected chi connectivity index (χ4v) is 3.71. The molecule has 0 atom stereocenters. The van der Waals surface area contributed by atoms with Gasteiger partial charge in [0.2, 0.25) is 10.0 Å². The molecular formula is C12H21BrN2O3S. The molecule has 0 aliphatic carbocycles. The molecule has 3 N–H and O–H groups in total. The maximum atomic E-state index is 12.0. The number of rotatable bonds is 8. The smallest absolute Gasteiger partial charge is 0.244 e. The number of nitrogens with two attached hydrogens (primary N) is 1. The highest BCUT2D eigenvalue weighted by atomic mass is 79.9. The van der Waals surface area contributed by atoms with Gasteiger partial charge in [0.15, 0.2) is 4.67 Å². The lowest BCUT2D eigenvalue weighted by atomic mass is 10.1. The monoisotopic (exact) mass is 352 g/mol. The molecule has 0 saturated heterocycles. The summed E-state index contributed by atoms with van der Waals surface area (Å²) >= 11 is 3.09. The number of sulfonamides is 1. The molecule has 1 heterocycles. The van der Waals surface area contributed by atoms with Crippen LogP contribution in [0.5, 0.6) is 0 Å². The third-order valence-corrected chi connectivity index (χ3v) is 5.02. The Morgan fingerprint density at radius 3 is 2.63 bits per heavy atom. The molecule has 0 aromatic carbocycles. The second-order valence-corrected chi connectivity index (χ2v) is 7.30. The largest absolute Gasteiger partial charge is 0.452 e. The highest BCUT2D eigenvalue weighted by Crippen LogP contribution is 2.25. The zero-order valence-corrected chi connectivity index (χ0v) is 13.7. The van der Waals surface area contributed by atoms with E-state index in [0.29, 0.717) is 18.2 Å². The fourth-order valence-electron chi connectivity index (χ4n) is 1.64. The van der Waals surface area contributed by atoms with Gasteiger partial charge in [0.25, 0.3) is 0 Å². The summed E-state index contributed by atoms with van der Waals surface area (Å²) in [5, 5.41) is 0. The van der Waals surface area contributed by atoms with Crippen LogP contribution in [0.3, 0.4) is 0 Å². The van der Waals surface area contributed by atoms with Crippen LogP contribution in [0.15, 0.2) is 20.0 Å². The van der Waals surface area contributed by atoms with Crippen LogP contribution in [0.1, 0.15) is 38.9 Å². The molecule has 0 unspecified atom stereocenters. The van der Waals surface area contributed by atoms with E-state index in [-0.39, 0.29) is 16.1 Å². The normalized spacial score (nSPS) is 12.3. The zero-order valence-electron chi connectivity index (χ0n) is 11.3. The molecule has 0 amide bonds. The molecule has 1 aromatic rings. The first-order valence-electron chi connectivity index (χ1n) is 6.34. The summed E-state index contributed by atoms with van der Waals surface area (Å²) in [6.45, 7) is 4.91. The van der Waals surface area contributed by atoms with E-state index in [0.717, 1.165) is 19.3 Å². The van der Waals surface area contributed by atoms with Crippen molar-refractivity contribution in [2.75, 3.05) is 6.54 Å². The van der Waals surface area contributed by atoms with Crippen molar-refractivity contribution in [3.63, 3.8) is 0 Å². The maximum Gasteiger partial charge on any atom is 0.244 e. The fraction of sp³-hybridized carbons (Fsp3) is 0.667. The van der Waals surface area contributed by atoms with Gasteiger partial charge in [0.05, 0.1) is 6.54 Å². The molecule has 7 heteroatoms. The zero-order chi connectivity index (χ0) is 14.5. The Kier molecular flexibility index (Phi) is 6.52. The Morgan fingerprint density at radius 2 is 2.11 bits per heavy atom. The van der Waals surface area contributed by atoms with E-state index in [1.807, 2.05) is 0 Å². The standard InChI is InChI=1S/C12H21BrN2O3S/c1-9(2)5-3-4-6-15-19(16,17)11-7-10(8-14)18-12(11)13/h7,9,15H,3-6,8,14H2,1-2H3. The minimum absolute atomic E-state index is 0.108. The van der Waals surface area contributed by atoms with Crippen LogP contribution >= 0.6 is 15.9 Å². The van der Waals surface area contributed by atoms with E-state index in [2.05, 4.69) is 34.5 Å². The van der Waals surface area contributed by atoms with Crippen molar-refractivity contribution in [2.24, 2.45) is 11.7 Å². The van der Waals surface area contributed by atoms with Gasteiger partial charge in [-0.15, -0.1) is 0 Å². The van der Waals surface area contributed by atoms with Crippen LogP contribution in [0.2, 0.25) is 0 Å². The molecule has 0 radical (unpaired) electrons. The second-order valence-electron chi connectivity index (χ2n) is 4.84. The highest BCUT2D eigenvalue weighted by molar-refractivity contribution is 9.10. The maximum absolute atomic E-state index is 12.0. The topological polar surface area (TPSA) is 85.3 Å². The number of hydrogen-bond donors (Lipinski definition) is 2. The summed E-state index contributed by atoms with van der Waals surface area (Å²) in [6, 6.07) is 1.44. The van der Waals surface area contributed by atoms with Crippen LogP contribution in [0.25, 0.3) is 0 Å². The van der Waals surface area contributed by atoms with E-state index in [9.17, 15) is 8.42 Å². The first-order valence-corrected chi connectivity index (χ1v) is 8.62. The van der Waals surface area contributed by atoms with Crippen molar-refractivity contribution in [1.82, 2.24) is 4.72 Å². The lowest BCUT2D eigenvalue weighted by molar-refractivity contribution is 0.483. The second kappa shape index (κ2) is 7.42. The first-order chi connectivity index (χ1) is 8.86. The molecule has 0 aliphatic heterocycles. The minimum atomic E-state index is -3.53. The summed E-state index contributed by atoms with van der Waals surface area (Å²) < 4.78 is 32.0. The summed E-state index contributed by atoms with van der Waals surface area (Å²) in [5.41, 5.74) is 5.41. The number of nitrogens with one attached hydrogen (secondary N) is 1. The summed E-state index contributed by atoms with van der Waals surface area (Å²) in [6.07, 6.45) is 2.95. The molecule has 0 fully saturated rings. The average Bonchev–Trinajstić information content (AvgIpc) is 2.70. The van der Waals surface area contributed by atoms with Crippen molar-refractivity contribution in [3.8, 4) is 0 Å². The molecule has 1 aromatic heterocycles. The number of hydrogen-bond acceptors (Lipinski definition) is 4. The lowest BCUT2D eigenvalue weighted by Gasteiger charge is -2.06. The molecular weight excluding hydrogens is 332 g/mol. The highest BCUT2D eigenvalue weighted by Gasteiger charge is 2.21. The Morgan fingerprint density at radius 1 is 1.42 bits per heavy atom. The molecule has 0 aliphatic rings. The van der Waals surface area contributed by atoms with Crippen molar-refractivity contribution in [2.45, 2.75) is 44.6 Å². The predicted octanol–water partition coefficient (Wildman–Crippen LogP) is 2.61. The van der Waals surface area contributed by atoms with E-state index >= 15 is 0 Å². The van der Waals surface area contributed by atoms with Gasteiger partial charge in [-0.25, -0.2) is 13.1 Å². The van der Waals surface area contributed by atoms with E-state index in [1.165, 1.54) is 6.07 Å². The van der Waals surface area contributed by atoms with E-state index in [4.69, 9.17) is 10.2 Å². The summed E-state index contributed by atoms with van der Waals surface area (Å²) in [5.74, 6) is 1.08. The minimum Gasteiger partial charge on any atom is -0.452 e. The van der Waals surface area contributed by atoms with Crippen LogP contribution < -0.4 is 10.5 Å². The molecule has 110 valence electrons. The SMILES string of the molecule is CC(C)CCCCNS(=O)(=O)c1cc(CN)oc1Br. The van der Waals surface area contributed by atoms with Crippen molar-refractivity contribution < 1.29 is 12.8 Å². The van der Waals surface area contributed by atoms with Gasteiger partial charge in [0, 0.05) is 12.6 Å². The Bertz CT molecular complexity index is 497. The quantitative estimate of drug-likeness (QED) is 0.704. The molecule has 0 spiro atoms. The third kappa shape index (κ3) is 5.25. The van der Waals surface area contributed by atoms with Gasteiger partial charge < -0.3 is 10.2 Å². The first kappa shape index (κ1) is 16.7. The van der Waals surface area contributed by atoms with Crippen molar-refractivity contribution in [1.29, 1.82) is 0 Å². The van der Waals surface area contributed by atoms with Crippen LogP contribution in [-0.4, -0.2) is 15.0 Å². The predicted molar refractivity (Wildman–Crippen MR) is 78.2 cm³/mol. The Labute approximate surface area is 123 Å². The van der Waals surface area contributed by atoms with Gasteiger partial charge in [-0.05, 0) is 28.3 Å². The van der Waals surface area contributed by atoms with Gasteiger partial charge in [-0.2, -0.15) is 0 Å². The average molecular weight is 353 g/mol. The van der Waals surface area contributed by atoms with Gasteiger partial charge in [-0.1, -0.05) is 26.7 Å². The van der Waals surface area contributed by atoms with Crippen LogP contribution in [-0.2, 0) is 16.6 Å². The van der Waals surface area contributed by atoms with Crippen molar-refractivity contribution in [3.05, 3.63) is 16.5 Å². The van der Waals surface area contributed by atoms with Crippen LogP contribution in [0.4, 0.5) is 0 Å².